The van der Waals surface area contributed by atoms with E-state index in [1.165, 1.54) is 0 Å². The van der Waals surface area contributed by atoms with Gasteiger partial charge in [-0.3, -0.25) is 4.79 Å². The van der Waals surface area contributed by atoms with Gasteiger partial charge >= 0.3 is 0 Å². The van der Waals surface area contributed by atoms with E-state index < -0.39 is 0 Å². The van der Waals surface area contributed by atoms with Gasteiger partial charge in [-0.25, -0.2) is 9.50 Å². The minimum atomic E-state index is -0.0437. The average molecular weight is 374 g/mol. The fourth-order valence-electron chi connectivity index (χ4n) is 3.50. The van der Waals surface area contributed by atoms with Gasteiger partial charge in [-0.2, -0.15) is 5.10 Å². The van der Waals surface area contributed by atoms with E-state index in [1.54, 1.807) is 13.2 Å². The molecule has 4 rings (SSSR count). The molecule has 0 aliphatic carbocycles. The van der Waals surface area contributed by atoms with Crippen LogP contribution in [0.15, 0.2) is 48.5 Å². The molecule has 0 bridgehead atoms. The van der Waals surface area contributed by atoms with Crippen LogP contribution in [0.25, 0.3) is 16.6 Å². The van der Waals surface area contributed by atoms with Crippen LogP contribution in [0.4, 0.5) is 5.69 Å². The van der Waals surface area contributed by atoms with E-state index in [4.69, 9.17) is 9.72 Å². The highest BCUT2D eigenvalue weighted by atomic mass is 16.5. The molecule has 4 aromatic rings. The molecular formula is C22H22N4O2. The second-order valence-electron chi connectivity index (χ2n) is 6.79. The Bertz CT molecular complexity index is 1180. The van der Waals surface area contributed by atoms with E-state index in [0.717, 1.165) is 39.2 Å². The number of fused-ring (bicyclic) bond motifs is 3. The Morgan fingerprint density at radius 2 is 1.96 bits per heavy atom. The van der Waals surface area contributed by atoms with Crippen LogP contribution in [-0.2, 0) is 11.2 Å². The summed E-state index contributed by atoms with van der Waals surface area (Å²) in [5, 5.41) is 8.63. The van der Waals surface area contributed by atoms with Crippen LogP contribution in [0, 0.1) is 13.8 Å². The third-order valence-electron chi connectivity index (χ3n) is 4.97. The number of nitrogens with one attached hydrogen (secondary N) is 1. The molecule has 28 heavy (non-hydrogen) atoms. The number of hydrogen-bond donors (Lipinski definition) is 1. The maximum Gasteiger partial charge on any atom is 0.224 e. The van der Waals surface area contributed by atoms with Crippen molar-refractivity contribution >= 4 is 28.1 Å². The molecule has 0 spiro atoms. The molecule has 6 nitrogen and oxygen atoms in total. The van der Waals surface area contributed by atoms with E-state index in [0.29, 0.717) is 18.6 Å². The van der Waals surface area contributed by atoms with Gasteiger partial charge in [-0.15, -0.1) is 0 Å². The zero-order chi connectivity index (χ0) is 19.7. The van der Waals surface area contributed by atoms with Crippen molar-refractivity contribution in [3.05, 3.63) is 65.5 Å². The van der Waals surface area contributed by atoms with Crippen LogP contribution < -0.4 is 10.1 Å². The summed E-state index contributed by atoms with van der Waals surface area (Å²) in [4.78, 5) is 17.2. The summed E-state index contributed by atoms with van der Waals surface area (Å²) < 4.78 is 7.08. The fraction of sp³-hybridized carbons (Fsp3) is 0.227. The summed E-state index contributed by atoms with van der Waals surface area (Å²) in [5.41, 5.74) is 5.52. The van der Waals surface area contributed by atoms with Gasteiger partial charge in [-0.05, 0) is 50.1 Å². The molecule has 6 heteroatoms. The third kappa shape index (κ3) is 3.29. The summed E-state index contributed by atoms with van der Waals surface area (Å²) in [7, 11) is 1.61. The number of nitrogens with zero attached hydrogens (tertiary/aromatic N) is 3. The van der Waals surface area contributed by atoms with E-state index in [1.807, 2.05) is 60.8 Å². The minimum absolute atomic E-state index is 0.0437. The first-order chi connectivity index (χ1) is 13.6. The topological polar surface area (TPSA) is 68.5 Å². The Kier molecular flexibility index (Phi) is 4.69. The van der Waals surface area contributed by atoms with Crippen molar-refractivity contribution < 1.29 is 9.53 Å². The number of anilines is 1. The first-order valence-corrected chi connectivity index (χ1v) is 9.24. The van der Waals surface area contributed by atoms with Crippen molar-refractivity contribution in [2.24, 2.45) is 0 Å². The number of carbonyl (C=O) groups excluding carboxylic acids is 1. The van der Waals surface area contributed by atoms with Crippen LogP contribution in [0.1, 0.15) is 23.4 Å². The molecule has 0 atom stereocenters. The smallest absolute Gasteiger partial charge is 0.224 e. The van der Waals surface area contributed by atoms with Crippen molar-refractivity contribution in [3.63, 3.8) is 0 Å². The van der Waals surface area contributed by atoms with E-state index in [2.05, 4.69) is 10.4 Å². The van der Waals surface area contributed by atoms with Crippen LogP contribution >= 0.6 is 0 Å². The normalized spacial score (nSPS) is 11.1. The summed E-state index contributed by atoms with van der Waals surface area (Å²) in [6, 6.07) is 15.3. The Hall–Kier alpha value is -3.41. The molecule has 0 aliphatic heterocycles. The van der Waals surface area contributed by atoms with Gasteiger partial charge in [0.1, 0.15) is 5.75 Å². The second kappa shape index (κ2) is 7.31. The highest BCUT2D eigenvalue weighted by molar-refractivity contribution is 5.92. The molecule has 142 valence electrons. The predicted molar refractivity (Wildman–Crippen MR) is 110 cm³/mol. The van der Waals surface area contributed by atoms with E-state index in [-0.39, 0.29) is 5.91 Å². The number of aromatic nitrogens is 3. The molecule has 0 fully saturated rings. The third-order valence-corrected chi connectivity index (χ3v) is 4.97. The summed E-state index contributed by atoms with van der Waals surface area (Å²) >= 11 is 0. The molecule has 2 heterocycles. The van der Waals surface area contributed by atoms with Crippen LogP contribution in [0.5, 0.6) is 5.75 Å². The number of benzene rings is 2. The van der Waals surface area contributed by atoms with Crippen molar-refractivity contribution in [2.75, 3.05) is 12.4 Å². The first-order valence-electron chi connectivity index (χ1n) is 9.24. The van der Waals surface area contributed by atoms with Gasteiger partial charge < -0.3 is 10.1 Å². The molecule has 1 amide bonds. The number of methoxy groups -OCH3 is 1. The van der Waals surface area contributed by atoms with E-state index in [9.17, 15) is 4.79 Å². The monoisotopic (exact) mass is 374 g/mol. The summed E-state index contributed by atoms with van der Waals surface area (Å²) in [6.45, 7) is 4.02. The maximum atomic E-state index is 12.4. The molecule has 0 unspecified atom stereocenters. The lowest BCUT2D eigenvalue weighted by atomic mass is 10.1. The Labute approximate surface area is 163 Å². The number of hydrogen-bond acceptors (Lipinski definition) is 4. The van der Waals surface area contributed by atoms with Gasteiger partial charge in [0.25, 0.3) is 0 Å². The van der Waals surface area contributed by atoms with Crippen LogP contribution in [-0.4, -0.2) is 27.6 Å². The Morgan fingerprint density at radius 1 is 1.14 bits per heavy atom. The predicted octanol–water partition coefficient (Wildman–Crippen LogP) is 4.08. The van der Waals surface area contributed by atoms with Crippen molar-refractivity contribution in [1.29, 1.82) is 0 Å². The van der Waals surface area contributed by atoms with Gasteiger partial charge in [0.05, 0.1) is 12.6 Å². The van der Waals surface area contributed by atoms with Gasteiger partial charge in [-0.1, -0.05) is 18.2 Å². The number of rotatable bonds is 5. The minimum Gasteiger partial charge on any atom is -0.497 e. The fourth-order valence-corrected chi connectivity index (χ4v) is 3.50. The number of carbonyl (C=O) groups is 1. The lowest BCUT2D eigenvalue weighted by Gasteiger charge is -2.11. The highest BCUT2D eigenvalue weighted by Crippen LogP contribution is 2.23. The van der Waals surface area contributed by atoms with Crippen molar-refractivity contribution in [2.45, 2.75) is 26.7 Å². The molecule has 0 radical (unpaired) electrons. The molecule has 1 N–H and O–H groups in total. The molecule has 0 saturated carbocycles. The van der Waals surface area contributed by atoms with Gasteiger partial charge in [0.15, 0.2) is 5.65 Å². The van der Waals surface area contributed by atoms with Crippen LogP contribution in [0.3, 0.4) is 0 Å². The lowest BCUT2D eigenvalue weighted by molar-refractivity contribution is -0.116. The Balaban J connectivity index is 1.56. The molecule has 0 aliphatic rings. The SMILES string of the molecule is COc1cccc(NC(=O)CCc2c(C)nc3c4ccccc4nn3c2C)c1. The number of amides is 1. The zero-order valence-electron chi connectivity index (χ0n) is 16.2. The molecule has 2 aromatic carbocycles. The summed E-state index contributed by atoms with van der Waals surface area (Å²) in [5.74, 6) is 0.669. The second-order valence-corrected chi connectivity index (χ2v) is 6.79. The molecule has 2 aromatic heterocycles. The molecular weight excluding hydrogens is 352 g/mol. The van der Waals surface area contributed by atoms with Gasteiger partial charge in [0.2, 0.25) is 5.91 Å². The molecule has 0 saturated heterocycles. The van der Waals surface area contributed by atoms with Crippen molar-refractivity contribution in [1.82, 2.24) is 14.6 Å². The maximum absolute atomic E-state index is 12.4. The number of ether oxygens (including phenoxy) is 1. The average Bonchev–Trinajstić information content (AvgIpc) is 3.07. The van der Waals surface area contributed by atoms with Gasteiger partial charge in [0, 0.05) is 34.9 Å². The summed E-state index contributed by atoms with van der Waals surface area (Å²) in [6.07, 6.45) is 0.972. The Morgan fingerprint density at radius 3 is 2.79 bits per heavy atom. The first kappa shape index (κ1) is 18.0. The zero-order valence-corrected chi connectivity index (χ0v) is 16.2. The largest absolute Gasteiger partial charge is 0.497 e. The quantitative estimate of drug-likeness (QED) is 0.571. The van der Waals surface area contributed by atoms with E-state index >= 15 is 0 Å². The highest BCUT2D eigenvalue weighted by Gasteiger charge is 2.15. The lowest BCUT2D eigenvalue weighted by Crippen LogP contribution is -2.14. The standard InChI is InChI=1S/C22H22N4O2/c1-14-18(11-12-21(27)24-16-7-6-8-17(13-16)28-3)15(2)26-22(23-14)19-9-4-5-10-20(19)25-26/h4-10,13H,11-12H2,1-3H3,(H,24,27). The number of aryl methyl sites for hydroxylation is 2. The van der Waals surface area contributed by atoms with Crippen LogP contribution in [0.2, 0.25) is 0 Å². The van der Waals surface area contributed by atoms with Crippen molar-refractivity contribution in [3.8, 4) is 5.75 Å².